The van der Waals surface area contributed by atoms with Crippen molar-refractivity contribution in [2.24, 2.45) is 0 Å². The summed E-state index contributed by atoms with van der Waals surface area (Å²) in [5.41, 5.74) is 0.955. The Morgan fingerprint density at radius 2 is 1.91 bits per heavy atom. The molecule has 0 aromatic carbocycles. The third-order valence-corrected chi connectivity index (χ3v) is 5.19. The molecular formula is C21H29F3N6O3. The van der Waals surface area contributed by atoms with Gasteiger partial charge in [0.2, 0.25) is 5.88 Å². The van der Waals surface area contributed by atoms with Crippen LogP contribution < -0.4 is 20.5 Å². The zero-order chi connectivity index (χ0) is 24.4. The molecule has 0 atom stereocenters. The number of hydrogen-bond acceptors (Lipinski definition) is 8. The van der Waals surface area contributed by atoms with Gasteiger partial charge in [-0.15, -0.1) is 4.48 Å². The van der Waals surface area contributed by atoms with E-state index in [2.05, 4.69) is 20.3 Å². The van der Waals surface area contributed by atoms with Gasteiger partial charge in [-0.3, -0.25) is 0 Å². The first-order valence-electron chi connectivity index (χ1n) is 10.6. The van der Waals surface area contributed by atoms with Crippen LogP contribution in [0, 0.1) is 6.92 Å². The van der Waals surface area contributed by atoms with Gasteiger partial charge < -0.3 is 19.7 Å². The van der Waals surface area contributed by atoms with Crippen LogP contribution in [0.25, 0.3) is 11.0 Å². The van der Waals surface area contributed by atoms with E-state index in [9.17, 15) is 18.1 Å². The lowest BCUT2D eigenvalue weighted by molar-refractivity contribution is 0.0448. The fraction of sp³-hybridized carbons (Fsp3) is 0.619. The predicted octanol–water partition coefficient (Wildman–Crippen LogP) is 4.16. The van der Waals surface area contributed by atoms with Crippen molar-refractivity contribution < 1.29 is 27.5 Å². The minimum atomic E-state index is -2.69. The van der Waals surface area contributed by atoms with Gasteiger partial charge in [-0.25, -0.2) is 29.1 Å². The number of amides is 1. The molecule has 0 unspecified atom stereocenters. The molecule has 2 N–H and O–H groups in total. The molecule has 0 radical (unpaired) electrons. The molecule has 0 bridgehead atoms. The Hall–Kier alpha value is -3.05. The van der Waals surface area contributed by atoms with Crippen LogP contribution in [-0.2, 0) is 4.74 Å². The molecule has 0 spiro atoms. The molecule has 1 aliphatic rings. The summed E-state index contributed by atoms with van der Waals surface area (Å²) in [5, 5.41) is 3.21. The first-order chi connectivity index (χ1) is 15.4. The summed E-state index contributed by atoms with van der Waals surface area (Å²) >= 11 is 0. The van der Waals surface area contributed by atoms with Crippen molar-refractivity contribution in [3.05, 3.63) is 11.9 Å². The Labute approximate surface area is 190 Å². The van der Waals surface area contributed by atoms with Gasteiger partial charge in [0.25, 0.3) is 6.43 Å². The lowest BCUT2D eigenvalue weighted by Crippen LogP contribution is -2.54. The Morgan fingerprint density at radius 1 is 1.24 bits per heavy atom. The van der Waals surface area contributed by atoms with E-state index in [4.69, 9.17) is 9.47 Å². The SMILES string of the molecule is Cc1nc(NF)c2cc(N3CCC(C)(NC(=O)OC(C)(C)C)CC3)c(OCC(F)F)nc2n1. The van der Waals surface area contributed by atoms with E-state index in [-0.39, 0.29) is 23.2 Å². The molecule has 1 aliphatic heterocycles. The molecule has 3 rings (SSSR count). The zero-order valence-corrected chi connectivity index (χ0v) is 19.3. The molecule has 182 valence electrons. The minimum absolute atomic E-state index is 0.0191. The van der Waals surface area contributed by atoms with Gasteiger partial charge in [0.15, 0.2) is 18.1 Å². The third-order valence-electron chi connectivity index (χ3n) is 5.19. The monoisotopic (exact) mass is 470 g/mol. The van der Waals surface area contributed by atoms with Gasteiger partial charge in [0.1, 0.15) is 17.1 Å². The van der Waals surface area contributed by atoms with Crippen LogP contribution in [-0.4, -0.2) is 58.3 Å². The van der Waals surface area contributed by atoms with E-state index in [1.807, 2.05) is 11.8 Å². The zero-order valence-electron chi connectivity index (χ0n) is 19.3. The predicted molar refractivity (Wildman–Crippen MR) is 118 cm³/mol. The second-order valence-corrected chi connectivity index (χ2v) is 9.27. The highest BCUT2D eigenvalue weighted by atomic mass is 19.3. The van der Waals surface area contributed by atoms with Crippen LogP contribution in [0.1, 0.15) is 46.4 Å². The number of aromatic nitrogens is 3. The molecule has 2 aromatic heterocycles. The van der Waals surface area contributed by atoms with Crippen molar-refractivity contribution in [3.63, 3.8) is 0 Å². The summed E-state index contributed by atoms with van der Waals surface area (Å²) in [5.74, 6) is 0.180. The summed E-state index contributed by atoms with van der Waals surface area (Å²) in [7, 11) is 0. The maximum absolute atomic E-state index is 13.3. The van der Waals surface area contributed by atoms with E-state index in [0.29, 0.717) is 37.0 Å². The van der Waals surface area contributed by atoms with Gasteiger partial charge >= 0.3 is 6.09 Å². The Balaban J connectivity index is 1.85. The lowest BCUT2D eigenvalue weighted by atomic mass is 9.89. The van der Waals surface area contributed by atoms with Crippen molar-refractivity contribution in [2.45, 2.75) is 65.0 Å². The average Bonchev–Trinajstić information content (AvgIpc) is 2.69. The molecule has 3 heterocycles. The highest BCUT2D eigenvalue weighted by Crippen LogP contribution is 2.36. The van der Waals surface area contributed by atoms with Gasteiger partial charge in [-0.1, -0.05) is 0 Å². The number of aryl methyl sites for hydroxylation is 1. The van der Waals surface area contributed by atoms with Crippen molar-refractivity contribution in [3.8, 4) is 5.88 Å². The Morgan fingerprint density at radius 3 is 2.48 bits per heavy atom. The fourth-order valence-corrected chi connectivity index (χ4v) is 3.60. The van der Waals surface area contributed by atoms with Crippen molar-refractivity contribution in [2.75, 3.05) is 30.1 Å². The van der Waals surface area contributed by atoms with Gasteiger partial charge in [0, 0.05) is 18.6 Å². The van der Waals surface area contributed by atoms with E-state index in [1.54, 1.807) is 33.8 Å². The van der Waals surface area contributed by atoms with E-state index in [1.165, 1.54) is 5.54 Å². The highest BCUT2D eigenvalue weighted by Gasteiger charge is 2.34. The Bertz CT molecular complexity index is 1010. The molecule has 1 amide bonds. The number of alkyl halides is 2. The number of halogens is 3. The van der Waals surface area contributed by atoms with Crippen LogP contribution in [0.3, 0.4) is 0 Å². The number of hydrogen-bond donors (Lipinski definition) is 2. The average molecular weight is 470 g/mol. The number of ether oxygens (including phenoxy) is 2. The molecule has 9 nitrogen and oxygen atoms in total. The molecule has 1 saturated heterocycles. The molecule has 0 aliphatic carbocycles. The maximum atomic E-state index is 13.3. The number of anilines is 2. The largest absolute Gasteiger partial charge is 0.470 e. The number of carbonyl (C=O) groups is 1. The fourth-order valence-electron chi connectivity index (χ4n) is 3.60. The lowest BCUT2D eigenvalue weighted by Gasteiger charge is -2.41. The van der Waals surface area contributed by atoms with Crippen LogP contribution in [0.15, 0.2) is 6.07 Å². The summed E-state index contributed by atoms with van der Waals surface area (Å²) in [6.45, 7) is 8.95. The van der Waals surface area contributed by atoms with Crippen LogP contribution in [0.5, 0.6) is 5.88 Å². The second kappa shape index (κ2) is 9.44. The number of nitrogens with one attached hydrogen (secondary N) is 2. The standard InChI is InChI=1S/C21H29F3N6O3/c1-12-25-16-13(17(26-12)29-24)10-14(18(27-16)32-11-15(22)23)30-8-6-21(5,7-9-30)28-19(31)33-20(2,3)4/h10,15H,6-9,11H2,1-5H3,(H,28,31)(H,25,26,27,29). The van der Waals surface area contributed by atoms with Crippen molar-refractivity contribution in [1.29, 1.82) is 0 Å². The van der Waals surface area contributed by atoms with E-state index >= 15 is 0 Å². The molecular weight excluding hydrogens is 441 g/mol. The molecule has 2 aromatic rings. The van der Waals surface area contributed by atoms with Crippen molar-refractivity contribution in [1.82, 2.24) is 20.3 Å². The van der Waals surface area contributed by atoms with E-state index < -0.39 is 30.3 Å². The summed E-state index contributed by atoms with van der Waals surface area (Å²) in [6, 6.07) is 1.58. The number of carbonyl (C=O) groups excluding carboxylic acids is 1. The number of rotatable bonds is 6. The third kappa shape index (κ3) is 6.26. The van der Waals surface area contributed by atoms with Crippen molar-refractivity contribution >= 4 is 28.6 Å². The first kappa shape index (κ1) is 24.6. The number of fused-ring (bicyclic) bond motifs is 1. The number of pyridine rings is 1. The first-order valence-corrected chi connectivity index (χ1v) is 10.6. The minimum Gasteiger partial charge on any atom is -0.470 e. The van der Waals surface area contributed by atoms with Gasteiger partial charge in [-0.2, -0.15) is 4.98 Å². The van der Waals surface area contributed by atoms with Crippen LogP contribution in [0.4, 0.5) is 29.6 Å². The Kier molecular flexibility index (Phi) is 7.03. The normalized spacial score (nSPS) is 16.1. The van der Waals surface area contributed by atoms with Crippen LogP contribution >= 0.6 is 0 Å². The topological polar surface area (TPSA) is 102 Å². The summed E-state index contributed by atoms with van der Waals surface area (Å²) < 4.78 is 49.6. The quantitative estimate of drug-likeness (QED) is 0.607. The highest BCUT2D eigenvalue weighted by molar-refractivity contribution is 5.90. The number of alkyl carbamates (subject to hydrolysis) is 1. The summed E-state index contributed by atoms with van der Waals surface area (Å²) in [4.78, 5) is 26.6. The molecule has 33 heavy (non-hydrogen) atoms. The summed E-state index contributed by atoms with van der Waals surface area (Å²) in [6.07, 6.45) is -2.08. The van der Waals surface area contributed by atoms with Crippen LogP contribution in [0.2, 0.25) is 0 Å². The molecule has 0 saturated carbocycles. The van der Waals surface area contributed by atoms with Gasteiger partial charge in [0.05, 0.1) is 5.39 Å². The second-order valence-electron chi connectivity index (χ2n) is 9.27. The smallest absolute Gasteiger partial charge is 0.408 e. The van der Waals surface area contributed by atoms with E-state index in [0.717, 1.165) is 0 Å². The molecule has 12 heteroatoms. The number of nitrogens with zero attached hydrogens (tertiary/aromatic N) is 4. The van der Waals surface area contributed by atoms with Gasteiger partial charge in [-0.05, 0) is 53.5 Å². The number of piperidine rings is 1. The maximum Gasteiger partial charge on any atom is 0.408 e. The molecule has 1 fully saturated rings.